The standard InChI is InChI=1S/C15H13FN4O/c16-13-5-3-12(4-6-13)15-20-19-14(21-15)10-18-9-11-2-1-7-17-8-11/h1-8,18H,9-10H2. The summed E-state index contributed by atoms with van der Waals surface area (Å²) in [4.78, 5) is 4.04. The highest BCUT2D eigenvalue weighted by atomic mass is 19.1. The lowest BCUT2D eigenvalue weighted by Crippen LogP contribution is -2.12. The molecule has 3 aromatic rings. The highest BCUT2D eigenvalue weighted by molar-refractivity contribution is 5.51. The van der Waals surface area contributed by atoms with Crippen LogP contribution in [0.25, 0.3) is 11.5 Å². The van der Waals surface area contributed by atoms with E-state index in [1.807, 2.05) is 12.1 Å². The maximum Gasteiger partial charge on any atom is 0.247 e. The van der Waals surface area contributed by atoms with E-state index in [2.05, 4.69) is 20.5 Å². The third kappa shape index (κ3) is 3.49. The Morgan fingerprint density at radius 1 is 1.05 bits per heavy atom. The fourth-order valence-electron chi connectivity index (χ4n) is 1.85. The number of aromatic nitrogens is 3. The first-order chi connectivity index (χ1) is 10.3. The Labute approximate surface area is 120 Å². The van der Waals surface area contributed by atoms with Crippen LogP contribution < -0.4 is 5.32 Å². The third-order valence-corrected chi connectivity index (χ3v) is 2.89. The molecule has 2 aromatic heterocycles. The van der Waals surface area contributed by atoms with E-state index in [1.165, 1.54) is 12.1 Å². The van der Waals surface area contributed by atoms with Crippen LogP contribution in [0.15, 0.2) is 53.2 Å². The average Bonchev–Trinajstić information content (AvgIpc) is 2.98. The van der Waals surface area contributed by atoms with Gasteiger partial charge >= 0.3 is 0 Å². The van der Waals surface area contributed by atoms with E-state index in [-0.39, 0.29) is 5.82 Å². The molecular weight excluding hydrogens is 271 g/mol. The van der Waals surface area contributed by atoms with Crippen molar-refractivity contribution in [1.29, 1.82) is 0 Å². The molecule has 0 aliphatic rings. The molecule has 0 spiro atoms. The van der Waals surface area contributed by atoms with Gasteiger partial charge in [0.05, 0.1) is 6.54 Å². The van der Waals surface area contributed by atoms with E-state index in [4.69, 9.17) is 4.42 Å². The molecule has 1 N–H and O–H groups in total. The second-order valence-electron chi connectivity index (χ2n) is 4.47. The second kappa shape index (κ2) is 6.23. The van der Waals surface area contributed by atoms with E-state index in [1.54, 1.807) is 24.5 Å². The van der Waals surface area contributed by atoms with Gasteiger partial charge in [-0.15, -0.1) is 10.2 Å². The number of benzene rings is 1. The summed E-state index contributed by atoms with van der Waals surface area (Å²) < 4.78 is 18.4. The molecule has 6 heteroatoms. The van der Waals surface area contributed by atoms with Gasteiger partial charge in [-0.2, -0.15) is 0 Å². The molecule has 0 saturated heterocycles. The van der Waals surface area contributed by atoms with Crippen LogP contribution in [0.5, 0.6) is 0 Å². The van der Waals surface area contributed by atoms with Crippen LogP contribution in [0.3, 0.4) is 0 Å². The molecule has 0 aliphatic heterocycles. The molecule has 0 fully saturated rings. The Morgan fingerprint density at radius 3 is 2.67 bits per heavy atom. The minimum absolute atomic E-state index is 0.295. The first-order valence-electron chi connectivity index (χ1n) is 6.49. The average molecular weight is 284 g/mol. The Balaban J connectivity index is 1.59. The van der Waals surface area contributed by atoms with Crippen molar-refractivity contribution < 1.29 is 8.81 Å². The van der Waals surface area contributed by atoms with Gasteiger partial charge in [-0.05, 0) is 35.9 Å². The van der Waals surface area contributed by atoms with E-state index < -0.39 is 0 Å². The monoisotopic (exact) mass is 284 g/mol. The molecule has 106 valence electrons. The van der Waals surface area contributed by atoms with Crippen molar-refractivity contribution in [2.24, 2.45) is 0 Å². The van der Waals surface area contributed by atoms with Gasteiger partial charge in [0.1, 0.15) is 5.82 Å². The zero-order valence-electron chi connectivity index (χ0n) is 11.2. The van der Waals surface area contributed by atoms with Crippen molar-refractivity contribution >= 4 is 0 Å². The number of nitrogens with zero attached hydrogens (tertiary/aromatic N) is 3. The summed E-state index contributed by atoms with van der Waals surface area (Å²) in [5.41, 5.74) is 1.78. The minimum Gasteiger partial charge on any atom is -0.419 e. The summed E-state index contributed by atoms with van der Waals surface area (Å²) in [6, 6.07) is 9.80. The summed E-state index contributed by atoms with van der Waals surface area (Å²) in [5.74, 6) is 0.572. The molecular formula is C15H13FN4O. The van der Waals surface area contributed by atoms with E-state index >= 15 is 0 Å². The van der Waals surface area contributed by atoms with Crippen molar-refractivity contribution in [2.75, 3.05) is 0 Å². The van der Waals surface area contributed by atoms with E-state index in [0.29, 0.717) is 30.4 Å². The lowest BCUT2D eigenvalue weighted by Gasteiger charge is -2.00. The SMILES string of the molecule is Fc1ccc(-c2nnc(CNCc3cccnc3)o2)cc1. The van der Waals surface area contributed by atoms with Crippen molar-refractivity contribution in [3.05, 3.63) is 66.1 Å². The molecule has 0 saturated carbocycles. The normalized spacial score (nSPS) is 10.7. The highest BCUT2D eigenvalue weighted by Gasteiger charge is 2.08. The predicted octanol–water partition coefficient (Wildman–Crippen LogP) is 2.56. The maximum absolute atomic E-state index is 12.9. The van der Waals surface area contributed by atoms with Crippen molar-refractivity contribution in [1.82, 2.24) is 20.5 Å². The van der Waals surface area contributed by atoms with Gasteiger partial charge in [-0.1, -0.05) is 6.07 Å². The molecule has 1 aromatic carbocycles. The molecule has 0 amide bonds. The van der Waals surface area contributed by atoms with Crippen LogP contribution >= 0.6 is 0 Å². The number of nitrogens with one attached hydrogen (secondary N) is 1. The summed E-state index contributed by atoms with van der Waals surface area (Å²) in [5, 5.41) is 11.1. The molecule has 2 heterocycles. The molecule has 0 aliphatic carbocycles. The fraction of sp³-hybridized carbons (Fsp3) is 0.133. The van der Waals surface area contributed by atoms with Gasteiger partial charge in [-0.25, -0.2) is 4.39 Å². The summed E-state index contributed by atoms with van der Waals surface area (Å²) in [7, 11) is 0. The van der Waals surface area contributed by atoms with Crippen LogP contribution in [-0.4, -0.2) is 15.2 Å². The summed E-state index contributed by atoms with van der Waals surface area (Å²) >= 11 is 0. The fourth-order valence-corrected chi connectivity index (χ4v) is 1.85. The van der Waals surface area contributed by atoms with E-state index in [0.717, 1.165) is 5.56 Å². The predicted molar refractivity (Wildman–Crippen MR) is 74.5 cm³/mol. The highest BCUT2D eigenvalue weighted by Crippen LogP contribution is 2.17. The third-order valence-electron chi connectivity index (χ3n) is 2.89. The van der Waals surface area contributed by atoms with Crippen LogP contribution in [0.2, 0.25) is 0 Å². The van der Waals surface area contributed by atoms with Crippen molar-refractivity contribution in [3.8, 4) is 11.5 Å². The number of hydrogen-bond acceptors (Lipinski definition) is 5. The van der Waals surface area contributed by atoms with Gasteiger partial charge < -0.3 is 9.73 Å². The summed E-state index contributed by atoms with van der Waals surface area (Å²) in [6.45, 7) is 1.13. The second-order valence-corrected chi connectivity index (χ2v) is 4.47. The molecule has 5 nitrogen and oxygen atoms in total. The van der Waals surface area contributed by atoms with Crippen LogP contribution in [0.4, 0.5) is 4.39 Å². The number of rotatable bonds is 5. The van der Waals surface area contributed by atoms with Crippen molar-refractivity contribution in [3.63, 3.8) is 0 Å². The Bertz CT molecular complexity index is 697. The van der Waals surface area contributed by atoms with Gasteiger partial charge in [-0.3, -0.25) is 4.98 Å². The van der Waals surface area contributed by atoms with Gasteiger partial charge in [0.25, 0.3) is 0 Å². The lowest BCUT2D eigenvalue weighted by molar-refractivity contribution is 0.477. The maximum atomic E-state index is 12.9. The van der Waals surface area contributed by atoms with Gasteiger partial charge in [0.15, 0.2) is 0 Å². The number of pyridine rings is 1. The molecule has 0 radical (unpaired) electrons. The number of hydrogen-bond donors (Lipinski definition) is 1. The Kier molecular flexibility index (Phi) is 3.97. The quantitative estimate of drug-likeness (QED) is 0.780. The van der Waals surface area contributed by atoms with Crippen LogP contribution in [0.1, 0.15) is 11.5 Å². The van der Waals surface area contributed by atoms with Gasteiger partial charge in [0, 0.05) is 24.5 Å². The molecule has 0 atom stereocenters. The first kappa shape index (κ1) is 13.4. The zero-order chi connectivity index (χ0) is 14.5. The van der Waals surface area contributed by atoms with Crippen LogP contribution in [0, 0.1) is 5.82 Å². The molecule has 21 heavy (non-hydrogen) atoms. The Hall–Kier alpha value is -2.60. The largest absolute Gasteiger partial charge is 0.419 e. The minimum atomic E-state index is -0.295. The molecule has 0 unspecified atom stereocenters. The zero-order valence-corrected chi connectivity index (χ0v) is 11.2. The number of halogens is 1. The lowest BCUT2D eigenvalue weighted by atomic mass is 10.2. The first-order valence-corrected chi connectivity index (χ1v) is 6.49. The van der Waals surface area contributed by atoms with Gasteiger partial charge in [0.2, 0.25) is 11.8 Å². The van der Waals surface area contributed by atoms with E-state index in [9.17, 15) is 4.39 Å². The summed E-state index contributed by atoms with van der Waals surface area (Å²) in [6.07, 6.45) is 3.53. The smallest absolute Gasteiger partial charge is 0.247 e. The topological polar surface area (TPSA) is 63.8 Å². The molecule has 3 rings (SSSR count). The van der Waals surface area contributed by atoms with Crippen molar-refractivity contribution in [2.45, 2.75) is 13.1 Å². The van der Waals surface area contributed by atoms with Crippen LogP contribution in [-0.2, 0) is 13.1 Å². The Morgan fingerprint density at radius 2 is 1.90 bits per heavy atom. The molecule has 0 bridgehead atoms.